The molecule has 10 heteroatoms. The van der Waals surface area contributed by atoms with Crippen molar-refractivity contribution in [2.75, 3.05) is 12.8 Å². The van der Waals surface area contributed by atoms with Gasteiger partial charge in [-0.3, -0.25) is 14.5 Å². The highest BCUT2D eigenvalue weighted by atomic mass is 16.5. The zero-order chi connectivity index (χ0) is 23.0. The van der Waals surface area contributed by atoms with Gasteiger partial charge in [0, 0.05) is 18.8 Å². The van der Waals surface area contributed by atoms with Crippen LogP contribution < -0.4 is 11.1 Å². The van der Waals surface area contributed by atoms with Crippen molar-refractivity contribution in [1.29, 1.82) is 0 Å². The van der Waals surface area contributed by atoms with Crippen LogP contribution in [0.4, 0.5) is 5.82 Å². The van der Waals surface area contributed by atoms with Gasteiger partial charge in [-0.05, 0) is 31.2 Å². The number of carbonyl (C=O) groups is 1. The van der Waals surface area contributed by atoms with Crippen LogP contribution in [0.25, 0.3) is 22.7 Å². The quantitative estimate of drug-likeness (QED) is 0.443. The van der Waals surface area contributed by atoms with Crippen LogP contribution >= 0.6 is 0 Å². The standard InChI is InChI=1S/C23H24N8O2/c1-23(17-7-8-17,16-5-3-14(4-6-16)18-10-27-19(24)11-26-18)22-29-21(33-30-22)15-9-28-31(12-15)13-20(32)25-2/h3-6,9-12,17H,7-8,13H2,1-2H3,(H2,24,27)(H,25,32)/t23-/m0/s1. The summed E-state index contributed by atoms with van der Waals surface area (Å²) < 4.78 is 7.14. The van der Waals surface area contributed by atoms with E-state index in [1.54, 1.807) is 31.8 Å². The number of carbonyl (C=O) groups excluding carboxylic acids is 1. The average Bonchev–Trinajstić information content (AvgIpc) is 3.40. The molecule has 0 saturated heterocycles. The third-order valence-corrected chi connectivity index (χ3v) is 6.20. The Labute approximate surface area is 190 Å². The zero-order valence-electron chi connectivity index (χ0n) is 18.4. The highest BCUT2D eigenvalue weighted by Crippen LogP contribution is 2.50. The van der Waals surface area contributed by atoms with Gasteiger partial charge in [-0.1, -0.05) is 29.4 Å². The maximum Gasteiger partial charge on any atom is 0.261 e. The number of benzene rings is 1. The van der Waals surface area contributed by atoms with Crippen molar-refractivity contribution in [1.82, 2.24) is 35.2 Å². The molecule has 1 amide bonds. The molecule has 5 rings (SSSR count). The number of amides is 1. The number of hydrogen-bond acceptors (Lipinski definition) is 8. The van der Waals surface area contributed by atoms with Crippen molar-refractivity contribution in [2.45, 2.75) is 31.7 Å². The molecule has 0 unspecified atom stereocenters. The molecule has 0 bridgehead atoms. The van der Waals surface area contributed by atoms with Gasteiger partial charge in [-0.2, -0.15) is 10.1 Å². The summed E-state index contributed by atoms with van der Waals surface area (Å²) >= 11 is 0. The highest BCUT2D eigenvalue weighted by molar-refractivity contribution is 5.75. The topological polar surface area (TPSA) is 138 Å². The second-order valence-corrected chi connectivity index (χ2v) is 8.40. The van der Waals surface area contributed by atoms with Crippen LogP contribution in [0, 0.1) is 5.92 Å². The maximum absolute atomic E-state index is 11.6. The predicted octanol–water partition coefficient (Wildman–Crippen LogP) is 2.43. The van der Waals surface area contributed by atoms with Crippen molar-refractivity contribution in [3.8, 4) is 22.7 Å². The molecule has 10 nitrogen and oxygen atoms in total. The molecule has 1 aliphatic carbocycles. The molecule has 4 aromatic rings. The minimum Gasteiger partial charge on any atom is -0.382 e. The smallest absolute Gasteiger partial charge is 0.261 e. The third-order valence-electron chi connectivity index (χ3n) is 6.20. The van der Waals surface area contributed by atoms with Crippen molar-refractivity contribution in [3.63, 3.8) is 0 Å². The van der Waals surface area contributed by atoms with E-state index < -0.39 is 0 Å². The molecule has 1 saturated carbocycles. The molecule has 1 aliphatic rings. The number of likely N-dealkylation sites (N-methyl/N-ethyl adjacent to an activating group) is 1. The van der Waals surface area contributed by atoms with E-state index in [1.165, 1.54) is 4.68 Å². The summed E-state index contributed by atoms with van der Waals surface area (Å²) in [5, 5.41) is 11.1. The number of hydrogen-bond donors (Lipinski definition) is 2. The molecule has 0 radical (unpaired) electrons. The summed E-state index contributed by atoms with van der Waals surface area (Å²) in [6.45, 7) is 2.29. The van der Waals surface area contributed by atoms with Gasteiger partial charge < -0.3 is 15.6 Å². The Morgan fingerprint density at radius 3 is 2.64 bits per heavy atom. The Morgan fingerprint density at radius 1 is 1.18 bits per heavy atom. The predicted molar refractivity (Wildman–Crippen MR) is 121 cm³/mol. The number of nitrogens with one attached hydrogen (secondary N) is 1. The van der Waals surface area contributed by atoms with E-state index in [9.17, 15) is 4.79 Å². The first-order valence-electron chi connectivity index (χ1n) is 10.7. The van der Waals surface area contributed by atoms with E-state index >= 15 is 0 Å². The molecule has 168 valence electrons. The Kier molecular flexibility index (Phi) is 5.12. The van der Waals surface area contributed by atoms with Crippen LogP contribution in [-0.4, -0.2) is 42.8 Å². The molecule has 1 fully saturated rings. The molecule has 0 spiro atoms. The Bertz CT molecular complexity index is 1270. The highest BCUT2D eigenvalue weighted by Gasteiger charge is 2.47. The van der Waals surface area contributed by atoms with Crippen molar-refractivity contribution >= 4 is 11.7 Å². The van der Waals surface area contributed by atoms with Gasteiger partial charge in [0.25, 0.3) is 5.89 Å². The average molecular weight is 444 g/mol. The minimum absolute atomic E-state index is 0.127. The van der Waals surface area contributed by atoms with E-state index in [-0.39, 0.29) is 17.9 Å². The van der Waals surface area contributed by atoms with Crippen LogP contribution in [0.5, 0.6) is 0 Å². The summed E-state index contributed by atoms with van der Waals surface area (Å²) in [7, 11) is 1.59. The molecular weight excluding hydrogens is 420 g/mol. The van der Waals surface area contributed by atoms with E-state index in [2.05, 4.69) is 44.6 Å². The van der Waals surface area contributed by atoms with Gasteiger partial charge in [-0.25, -0.2) is 4.98 Å². The maximum atomic E-state index is 11.6. The lowest BCUT2D eigenvalue weighted by atomic mass is 9.77. The Hall–Kier alpha value is -4.08. The number of nitrogens with zero attached hydrogens (tertiary/aromatic N) is 6. The molecule has 1 atom stereocenters. The van der Waals surface area contributed by atoms with Gasteiger partial charge in [0.1, 0.15) is 12.4 Å². The summed E-state index contributed by atoms with van der Waals surface area (Å²) in [4.78, 5) is 24.8. The van der Waals surface area contributed by atoms with Gasteiger partial charge in [0.2, 0.25) is 5.91 Å². The van der Waals surface area contributed by atoms with Crippen molar-refractivity contribution in [3.05, 3.63) is 60.4 Å². The van der Waals surface area contributed by atoms with Crippen LogP contribution in [0.15, 0.2) is 53.6 Å². The molecule has 0 aliphatic heterocycles. The van der Waals surface area contributed by atoms with Crippen molar-refractivity contribution < 1.29 is 9.32 Å². The van der Waals surface area contributed by atoms with Gasteiger partial charge in [0.15, 0.2) is 5.82 Å². The molecule has 3 heterocycles. The van der Waals surface area contributed by atoms with E-state index in [0.29, 0.717) is 29.0 Å². The van der Waals surface area contributed by atoms with E-state index in [0.717, 1.165) is 29.7 Å². The lowest BCUT2D eigenvalue weighted by molar-refractivity contribution is -0.121. The first-order valence-corrected chi connectivity index (χ1v) is 10.7. The third kappa shape index (κ3) is 3.95. The lowest BCUT2D eigenvalue weighted by Crippen LogP contribution is -2.28. The largest absolute Gasteiger partial charge is 0.382 e. The van der Waals surface area contributed by atoms with Gasteiger partial charge >= 0.3 is 0 Å². The summed E-state index contributed by atoms with van der Waals surface area (Å²) in [6.07, 6.45) is 8.78. The fourth-order valence-electron chi connectivity index (χ4n) is 4.02. The molecule has 33 heavy (non-hydrogen) atoms. The molecular formula is C23H24N8O2. The summed E-state index contributed by atoms with van der Waals surface area (Å²) in [6, 6.07) is 8.23. The molecule has 1 aromatic carbocycles. The van der Waals surface area contributed by atoms with Crippen molar-refractivity contribution in [2.24, 2.45) is 5.92 Å². The summed E-state index contributed by atoms with van der Waals surface area (Å²) in [5.74, 6) is 1.71. The van der Waals surface area contributed by atoms with E-state index in [4.69, 9.17) is 15.2 Å². The van der Waals surface area contributed by atoms with Gasteiger partial charge in [-0.15, -0.1) is 0 Å². The second kappa shape index (κ2) is 8.12. The molecule has 3 N–H and O–H groups in total. The molecule has 3 aromatic heterocycles. The number of rotatable bonds is 7. The number of aromatic nitrogens is 6. The minimum atomic E-state index is -0.384. The number of anilines is 1. The van der Waals surface area contributed by atoms with Crippen LogP contribution in [0.1, 0.15) is 31.2 Å². The first-order chi connectivity index (χ1) is 16.0. The zero-order valence-corrected chi connectivity index (χ0v) is 18.4. The number of nitrogens with two attached hydrogens (primary N) is 1. The number of nitrogen functional groups attached to an aromatic ring is 1. The first kappa shape index (κ1) is 20.8. The SMILES string of the molecule is CNC(=O)Cn1cc(-c2nc([C@@](C)(c3ccc(-c4cnc(N)cn4)cc3)C3CC3)no2)cn1. The van der Waals surface area contributed by atoms with Crippen LogP contribution in [0.2, 0.25) is 0 Å². The monoisotopic (exact) mass is 444 g/mol. The summed E-state index contributed by atoms with van der Waals surface area (Å²) in [5.41, 5.74) is 8.77. The normalized spacial score (nSPS) is 15.2. The van der Waals surface area contributed by atoms with E-state index in [1.807, 2.05) is 12.1 Å². The fourth-order valence-corrected chi connectivity index (χ4v) is 4.02. The Balaban J connectivity index is 1.43. The Morgan fingerprint density at radius 2 is 1.97 bits per heavy atom. The van der Waals surface area contributed by atoms with Crippen LogP contribution in [-0.2, 0) is 16.8 Å². The second-order valence-electron chi connectivity index (χ2n) is 8.40. The lowest BCUT2D eigenvalue weighted by Gasteiger charge is -2.26. The fraction of sp³-hybridized carbons (Fsp3) is 0.304. The van der Waals surface area contributed by atoms with Gasteiger partial charge in [0.05, 0.1) is 35.3 Å². The van der Waals surface area contributed by atoms with Crippen LogP contribution in [0.3, 0.4) is 0 Å².